The molecule has 0 fully saturated rings. The summed E-state index contributed by atoms with van der Waals surface area (Å²) >= 11 is 0. The van der Waals surface area contributed by atoms with E-state index in [1.807, 2.05) is 6.07 Å². The van der Waals surface area contributed by atoms with Crippen LogP contribution >= 0.6 is 17.0 Å². The maximum Gasteiger partial charge on any atom is 0.241 e. The van der Waals surface area contributed by atoms with E-state index in [0.717, 1.165) is 0 Å². The minimum absolute atomic E-state index is 0. The molecule has 2 aromatic carbocycles. The Labute approximate surface area is 134 Å². The number of rotatable bonds is 4. The normalized spacial score (nSPS) is 11.1. The molecule has 2 rings (SSSR count). The number of carbonyl (C=O) groups is 2. The molecule has 0 aliphatic carbocycles. The Morgan fingerprint density at radius 3 is 2.19 bits per heavy atom. The van der Waals surface area contributed by atoms with Gasteiger partial charge in [-0.1, -0.05) is 42.5 Å². The predicted molar refractivity (Wildman–Crippen MR) is 88.9 cm³/mol. The predicted octanol–water partition coefficient (Wildman–Crippen LogP) is 2.78. The SMILES string of the molecule is Br.C[C@H](N)C(=O)Nc1ccccc1C(=O)c1ccccc1. The first-order chi connectivity index (χ1) is 9.59. The lowest BCUT2D eigenvalue weighted by molar-refractivity contribution is -0.117. The van der Waals surface area contributed by atoms with Crippen molar-refractivity contribution in [2.24, 2.45) is 5.73 Å². The highest BCUT2D eigenvalue weighted by atomic mass is 79.9. The van der Waals surface area contributed by atoms with Crippen molar-refractivity contribution >= 4 is 34.4 Å². The van der Waals surface area contributed by atoms with Crippen molar-refractivity contribution in [1.82, 2.24) is 0 Å². The molecule has 0 aliphatic rings. The van der Waals surface area contributed by atoms with Crippen LogP contribution in [0.3, 0.4) is 0 Å². The number of carbonyl (C=O) groups excluding carboxylic acids is 2. The lowest BCUT2D eigenvalue weighted by Gasteiger charge is -2.12. The molecule has 0 bridgehead atoms. The largest absolute Gasteiger partial charge is 0.324 e. The van der Waals surface area contributed by atoms with Gasteiger partial charge in [0.25, 0.3) is 0 Å². The Balaban J connectivity index is 0.00000220. The summed E-state index contributed by atoms with van der Waals surface area (Å²) in [4.78, 5) is 24.1. The summed E-state index contributed by atoms with van der Waals surface area (Å²) in [6.45, 7) is 1.59. The van der Waals surface area contributed by atoms with Crippen LogP contribution < -0.4 is 11.1 Å². The van der Waals surface area contributed by atoms with Crippen molar-refractivity contribution < 1.29 is 9.59 Å². The molecule has 0 heterocycles. The molecule has 1 amide bonds. The first kappa shape index (κ1) is 17.1. The van der Waals surface area contributed by atoms with Crippen LogP contribution in [0.2, 0.25) is 0 Å². The van der Waals surface area contributed by atoms with Gasteiger partial charge in [-0.15, -0.1) is 17.0 Å². The van der Waals surface area contributed by atoms with E-state index in [2.05, 4.69) is 5.32 Å². The van der Waals surface area contributed by atoms with Crippen LogP contribution in [0.4, 0.5) is 5.69 Å². The number of ketones is 1. The Morgan fingerprint density at radius 2 is 1.57 bits per heavy atom. The zero-order valence-corrected chi connectivity index (χ0v) is 13.3. The van der Waals surface area contributed by atoms with Crippen LogP contribution in [-0.2, 0) is 4.79 Å². The van der Waals surface area contributed by atoms with Crippen molar-refractivity contribution in [3.05, 3.63) is 65.7 Å². The quantitative estimate of drug-likeness (QED) is 0.834. The molecule has 5 heteroatoms. The van der Waals surface area contributed by atoms with Gasteiger partial charge in [-0.3, -0.25) is 9.59 Å². The number of amides is 1. The van der Waals surface area contributed by atoms with Gasteiger partial charge in [0.15, 0.2) is 5.78 Å². The van der Waals surface area contributed by atoms with E-state index >= 15 is 0 Å². The first-order valence-corrected chi connectivity index (χ1v) is 6.35. The summed E-state index contributed by atoms with van der Waals surface area (Å²) < 4.78 is 0. The third-order valence-corrected chi connectivity index (χ3v) is 2.88. The smallest absolute Gasteiger partial charge is 0.241 e. The van der Waals surface area contributed by atoms with Crippen molar-refractivity contribution in [1.29, 1.82) is 0 Å². The lowest BCUT2D eigenvalue weighted by atomic mass is 10.0. The Kier molecular flexibility index (Phi) is 6.27. The first-order valence-electron chi connectivity index (χ1n) is 6.35. The van der Waals surface area contributed by atoms with Gasteiger partial charge in [-0.2, -0.15) is 0 Å². The van der Waals surface area contributed by atoms with Crippen LogP contribution in [0.15, 0.2) is 54.6 Å². The number of anilines is 1. The molecule has 0 spiro atoms. The molecule has 2 aromatic rings. The molecular formula is C16H17BrN2O2. The fourth-order valence-corrected chi connectivity index (χ4v) is 1.78. The number of hydrogen-bond donors (Lipinski definition) is 2. The zero-order chi connectivity index (χ0) is 14.5. The summed E-state index contributed by atoms with van der Waals surface area (Å²) in [5.74, 6) is -0.454. The van der Waals surface area contributed by atoms with Gasteiger partial charge in [-0.05, 0) is 19.1 Å². The highest BCUT2D eigenvalue weighted by Crippen LogP contribution is 2.19. The molecule has 4 nitrogen and oxygen atoms in total. The van der Waals surface area contributed by atoms with E-state index in [4.69, 9.17) is 5.73 Å². The molecule has 0 aliphatic heterocycles. The number of hydrogen-bond acceptors (Lipinski definition) is 3. The average Bonchev–Trinajstić information content (AvgIpc) is 2.48. The second kappa shape index (κ2) is 7.71. The highest BCUT2D eigenvalue weighted by Gasteiger charge is 2.15. The molecular weight excluding hydrogens is 332 g/mol. The minimum Gasteiger partial charge on any atom is -0.324 e. The average molecular weight is 349 g/mol. The zero-order valence-electron chi connectivity index (χ0n) is 11.6. The summed E-state index contributed by atoms with van der Waals surface area (Å²) in [7, 11) is 0. The topological polar surface area (TPSA) is 72.2 Å². The summed E-state index contributed by atoms with van der Waals surface area (Å²) in [6.07, 6.45) is 0. The van der Waals surface area contributed by atoms with Gasteiger partial charge >= 0.3 is 0 Å². The van der Waals surface area contributed by atoms with Crippen LogP contribution in [0.5, 0.6) is 0 Å². The van der Waals surface area contributed by atoms with Gasteiger partial charge in [0.05, 0.1) is 11.7 Å². The fourth-order valence-electron chi connectivity index (χ4n) is 1.78. The standard InChI is InChI=1S/C16H16N2O2.BrH/c1-11(17)16(20)18-14-10-6-5-9-13(14)15(19)12-7-3-2-4-8-12;/h2-11H,17H2,1H3,(H,18,20);1H/t11-;/m0./s1. The van der Waals surface area contributed by atoms with E-state index in [-0.39, 0.29) is 28.7 Å². The van der Waals surface area contributed by atoms with Gasteiger partial charge < -0.3 is 11.1 Å². The van der Waals surface area contributed by atoms with Crippen molar-refractivity contribution in [2.45, 2.75) is 13.0 Å². The number of para-hydroxylation sites is 1. The maximum atomic E-state index is 12.4. The molecule has 3 N–H and O–H groups in total. The third-order valence-electron chi connectivity index (χ3n) is 2.88. The molecule has 1 atom stereocenters. The van der Waals surface area contributed by atoms with Gasteiger partial charge in [0.1, 0.15) is 0 Å². The van der Waals surface area contributed by atoms with Crippen LogP contribution in [-0.4, -0.2) is 17.7 Å². The van der Waals surface area contributed by atoms with E-state index < -0.39 is 6.04 Å². The minimum atomic E-state index is -0.630. The lowest BCUT2D eigenvalue weighted by Crippen LogP contribution is -2.33. The summed E-state index contributed by atoms with van der Waals surface area (Å²) in [5.41, 5.74) is 7.03. The maximum absolute atomic E-state index is 12.4. The Morgan fingerprint density at radius 1 is 1.00 bits per heavy atom. The van der Waals surface area contributed by atoms with Crippen LogP contribution in [0.25, 0.3) is 0 Å². The van der Waals surface area contributed by atoms with Gasteiger partial charge in [0.2, 0.25) is 5.91 Å². The van der Waals surface area contributed by atoms with Gasteiger partial charge in [-0.25, -0.2) is 0 Å². The molecule has 0 saturated heterocycles. The van der Waals surface area contributed by atoms with E-state index in [1.165, 1.54) is 0 Å². The number of nitrogens with two attached hydrogens (primary N) is 1. The number of halogens is 1. The molecule has 0 unspecified atom stereocenters. The Bertz CT molecular complexity index is 627. The van der Waals surface area contributed by atoms with Crippen LogP contribution in [0.1, 0.15) is 22.8 Å². The molecule has 110 valence electrons. The van der Waals surface area contributed by atoms with Crippen molar-refractivity contribution in [3.8, 4) is 0 Å². The third kappa shape index (κ3) is 4.24. The number of nitrogens with one attached hydrogen (secondary N) is 1. The number of benzene rings is 2. The van der Waals surface area contributed by atoms with E-state index in [1.54, 1.807) is 55.5 Å². The fraction of sp³-hybridized carbons (Fsp3) is 0.125. The second-order valence-electron chi connectivity index (χ2n) is 4.52. The van der Waals surface area contributed by atoms with Crippen LogP contribution in [0, 0.1) is 0 Å². The van der Waals surface area contributed by atoms with E-state index in [9.17, 15) is 9.59 Å². The van der Waals surface area contributed by atoms with Crippen molar-refractivity contribution in [2.75, 3.05) is 5.32 Å². The molecule has 0 radical (unpaired) electrons. The van der Waals surface area contributed by atoms with Gasteiger partial charge in [0, 0.05) is 11.1 Å². The molecule has 0 aromatic heterocycles. The van der Waals surface area contributed by atoms with Crippen molar-refractivity contribution in [3.63, 3.8) is 0 Å². The summed E-state index contributed by atoms with van der Waals surface area (Å²) in [5, 5.41) is 2.68. The Hall–Kier alpha value is -1.98. The van der Waals surface area contributed by atoms with E-state index in [0.29, 0.717) is 16.8 Å². The summed E-state index contributed by atoms with van der Waals surface area (Å²) in [6, 6.07) is 15.2. The molecule has 0 saturated carbocycles. The molecule has 21 heavy (non-hydrogen) atoms. The second-order valence-corrected chi connectivity index (χ2v) is 4.52. The highest BCUT2D eigenvalue weighted by molar-refractivity contribution is 8.93. The monoisotopic (exact) mass is 348 g/mol.